The first-order valence-corrected chi connectivity index (χ1v) is 10.7. The van der Waals surface area contributed by atoms with Gasteiger partial charge in [0.2, 0.25) is 11.8 Å². The van der Waals surface area contributed by atoms with Crippen molar-refractivity contribution in [2.24, 2.45) is 11.7 Å². The number of benzene rings is 1. The zero-order chi connectivity index (χ0) is 24.3. The summed E-state index contributed by atoms with van der Waals surface area (Å²) in [6, 6.07) is 6.46. The molecular formula is C23H28FN5O4. The van der Waals surface area contributed by atoms with Crippen molar-refractivity contribution in [1.29, 1.82) is 5.26 Å². The van der Waals surface area contributed by atoms with Gasteiger partial charge in [0.05, 0.1) is 18.7 Å². The molecule has 9 nitrogen and oxygen atoms in total. The average molecular weight is 458 g/mol. The molecule has 1 saturated heterocycles. The van der Waals surface area contributed by atoms with Crippen molar-refractivity contribution in [2.75, 3.05) is 13.7 Å². The monoisotopic (exact) mass is 457 g/mol. The van der Waals surface area contributed by atoms with Gasteiger partial charge in [0.1, 0.15) is 29.2 Å². The number of halogens is 1. The van der Waals surface area contributed by atoms with Crippen molar-refractivity contribution in [1.82, 2.24) is 15.2 Å². The predicted molar refractivity (Wildman–Crippen MR) is 119 cm³/mol. The van der Waals surface area contributed by atoms with Crippen LogP contribution in [-0.2, 0) is 9.59 Å². The molecule has 2 aromatic rings. The molecule has 0 saturated carbocycles. The van der Waals surface area contributed by atoms with E-state index in [-0.39, 0.29) is 30.4 Å². The van der Waals surface area contributed by atoms with Crippen molar-refractivity contribution in [3.63, 3.8) is 0 Å². The smallest absolute Gasteiger partial charge is 0.265 e. The molecule has 3 atom stereocenters. The van der Waals surface area contributed by atoms with Crippen LogP contribution < -0.4 is 21.1 Å². The Hall–Kier alpha value is -3.61. The lowest BCUT2D eigenvalue weighted by molar-refractivity contribution is -0.127. The van der Waals surface area contributed by atoms with Crippen molar-refractivity contribution in [2.45, 2.75) is 50.9 Å². The number of primary amides is 1. The Bertz CT molecular complexity index is 1110. The predicted octanol–water partition coefficient (Wildman–Crippen LogP) is 1.96. The number of hydrogen-bond donors (Lipinski definition) is 3. The van der Waals surface area contributed by atoms with Gasteiger partial charge in [0.25, 0.3) is 5.91 Å². The van der Waals surface area contributed by atoms with E-state index in [4.69, 9.17) is 10.5 Å². The highest BCUT2D eigenvalue weighted by molar-refractivity contribution is 6.01. The molecule has 0 radical (unpaired) electrons. The number of nitriles is 1. The molecule has 4 N–H and O–H groups in total. The quantitative estimate of drug-likeness (QED) is 0.528. The zero-order valence-corrected chi connectivity index (χ0v) is 18.9. The van der Waals surface area contributed by atoms with E-state index in [2.05, 4.69) is 10.6 Å². The van der Waals surface area contributed by atoms with E-state index in [1.165, 1.54) is 31.6 Å². The van der Waals surface area contributed by atoms with Gasteiger partial charge in [-0.25, -0.2) is 4.39 Å². The number of nitrogens with two attached hydrogens (primary N) is 1. The molecule has 33 heavy (non-hydrogen) atoms. The number of carbonyl (C=O) groups excluding carboxylic acids is 3. The van der Waals surface area contributed by atoms with Gasteiger partial charge in [-0.15, -0.1) is 0 Å². The Morgan fingerprint density at radius 2 is 2.18 bits per heavy atom. The maximum atomic E-state index is 14.8. The topological polar surface area (TPSA) is 139 Å². The van der Waals surface area contributed by atoms with Gasteiger partial charge in [0, 0.05) is 24.3 Å². The van der Waals surface area contributed by atoms with Crippen LogP contribution >= 0.6 is 0 Å². The van der Waals surface area contributed by atoms with Crippen LogP contribution in [0.5, 0.6) is 5.75 Å². The Morgan fingerprint density at radius 3 is 2.73 bits per heavy atom. The molecule has 176 valence electrons. The van der Waals surface area contributed by atoms with E-state index in [0.29, 0.717) is 29.6 Å². The highest BCUT2D eigenvalue weighted by atomic mass is 19.1. The van der Waals surface area contributed by atoms with Crippen LogP contribution in [0.25, 0.3) is 10.9 Å². The van der Waals surface area contributed by atoms with Gasteiger partial charge in [-0.1, -0.05) is 6.07 Å². The molecule has 1 aliphatic heterocycles. The number of aromatic nitrogens is 1. The molecule has 1 fully saturated rings. The average Bonchev–Trinajstić information content (AvgIpc) is 3.34. The van der Waals surface area contributed by atoms with Gasteiger partial charge in [-0.2, -0.15) is 5.26 Å². The lowest BCUT2D eigenvalue weighted by Crippen LogP contribution is -2.43. The molecule has 0 spiro atoms. The van der Waals surface area contributed by atoms with Crippen molar-refractivity contribution < 1.29 is 23.5 Å². The molecule has 1 aromatic heterocycles. The number of rotatable bonds is 9. The Labute approximate surface area is 191 Å². The standard InChI is InChI=1S/C23H28FN5O4/c1-23(2,24)11-18(22(32)28-14(12-25)9-13-7-8-27-21(13)31)29-16-5-4-6-19(33-3)15(16)10-17(29)20(26)30/h4-6,10,13-14,18H,7-9,11H2,1-3H3,(H2,26,30)(H,27,31)(H,28,32)/t13-,14-,18-/m0/s1. The minimum atomic E-state index is -1.78. The molecule has 0 bridgehead atoms. The summed E-state index contributed by atoms with van der Waals surface area (Å²) in [6.45, 7) is 3.18. The molecule has 0 aliphatic carbocycles. The molecular weight excluding hydrogens is 429 g/mol. The second-order valence-corrected chi connectivity index (χ2v) is 8.80. The van der Waals surface area contributed by atoms with Gasteiger partial charge < -0.3 is 25.7 Å². The summed E-state index contributed by atoms with van der Waals surface area (Å²) in [5.74, 6) is -1.51. The molecule has 1 aliphatic rings. The van der Waals surface area contributed by atoms with E-state index < -0.39 is 29.6 Å². The number of carbonyl (C=O) groups is 3. The number of hydrogen-bond acceptors (Lipinski definition) is 5. The van der Waals surface area contributed by atoms with Crippen LogP contribution in [0.1, 0.15) is 49.6 Å². The van der Waals surface area contributed by atoms with E-state index >= 15 is 0 Å². The summed E-state index contributed by atoms with van der Waals surface area (Å²) in [6.07, 6.45) is 0.437. The number of nitrogens with zero attached hydrogens (tertiary/aromatic N) is 2. The van der Waals surface area contributed by atoms with Gasteiger partial charge >= 0.3 is 0 Å². The second-order valence-electron chi connectivity index (χ2n) is 8.80. The first kappa shape index (κ1) is 24.0. The van der Waals surface area contributed by atoms with Crippen LogP contribution in [0, 0.1) is 17.2 Å². The second kappa shape index (κ2) is 9.48. The maximum absolute atomic E-state index is 14.8. The lowest BCUT2D eigenvalue weighted by atomic mass is 9.97. The molecule has 0 unspecified atom stereocenters. The zero-order valence-electron chi connectivity index (χ0n) is 18.9. The largest absolute Gasteiger partial charge is 0.496 e. The van der Waals surface area contributed by atoms with E-state index in [1.807, 2.05) is 6.07 Å². The first-order valence-electron chi connectivity index (χ1n) is 10.7. The van der Waals surface area contributed by atoms with Gasteiger partial charge in [-0.05, 0) is 44.9 Å². The SMILES string of the molecule is COc1cccc2c1cc(C(N)=O)n2[C@@H](CC(C)(C)F)C(=O)N[C@H](C#N)C[C@@H]1CCNC1=O. The summed E-state index contributed by atoms with van der Waals surface area (Å²) < 4.78 is 21.6. The van der Waals surface area contributed by atoms with Gasteiger partial charge in [-0.3, -0.25) is 14.4 Å². The third kappa shape index (κ3) is 5.25. The molecule has 2 heterocycles. The Balaban J connectivity index is 2.02. The summed E-state index contributed by atoms with van der Waals surface area (Å²) in [7, 11) is 1.47. The molecule has 10 heteroatoms. The summed E-state index contributed by atoms with van der Waals surface area (Å²) in [5, 5.41) is 15.5. The first-order chi connectivity index (χ1) is 15.6. The molecule has 1 aromatic carbocycles. The number of ether oxygens (including phenoxy) is 1. The van der Waals surface area contributed by atoms with Crippen LogP contribution in [0.4, 0.5) is 4.39 Å². The summed E-state index contributed by atoms with van der Waals surface area (Å²) >= 11 is 0. The van der Waals surface area contributed by atoms with Crippen LogP contribution in [0.3, 0.4) is 0 Å². The third-order valence-corrected chi connectivity index (χ3v) is 5.76. The van der Waals surface area contributed by atoms with E-state index in [9.17, 15) is 24.0 Å². The van der Waals surface area contributed by atoms with Crippen LogP contribution in [0.2, 0.25) is 0 Å². The number of alkyl halides is 1. The van der Waals surface area contributed by atoms with Crippen LogP contribution in [0.15, 0.2) is 24.3 Å². The highest BCUT2D eigenvalue weighted by Crippen LogP contribution is 2.35. The fourth-order valence-corrected chi connectivity index (χ4v) is 4.25. The van der Waals surface area contributed by atoms with E-state index in [0.717, 1.165) is 0 Å². The minimum Gasteiger partial charge on any atom is -0.496 e. The third-order valence-electron chi connectivity index (χ3n) is 5.76. The fourth-order valence-electron chi connectivity index (χ4n) is 4.25. The minimum absolute atomic E-state index is 0.0163. The maximum Gasteiger partial charge on any atom is 0.265 e. The fraction of sp³-hybridized carbons (Fsp3) is 0.478. The normalized spacial score (nSPS) is 17.8. The Morgan fingerprint density at radius 1 is 1.45 bits per heavy atom. The van der Waals surface area contributed by atoms with E-state index in [1.54, 1.807) is 18.2 Å². The van der Waals surface area contributed by atoms with Crippen molar-refractivity contribution in [3.05, 3.63) is 30.0 Å². The number of methoxy groups -OCH3 is 1. The molecule has 3 rings (SSSR count). The number of nitrogens with one attached hydrogen (secondary N) is 2. The highest BCUT2D eigenvalue weighted by Gasteiger charge is 2.35. The summed E-state index contributed by atoms with van der Waals surface area (Å²) in [5.41, 5.74) is 4.31. The van der Waals surface area contributed by atoms with Crippen molar-refractivity contribution >= 4 is 28.6 Å². The summed E-state index contributed by atoms with van der Waals surface area (Å²) in [4.78, 5) is 37.5. The number of amides is 3. The number of fused-ring (bicyclic) bond motifs is 1. The van der Waals surface area contributed by atoms with Crippen LogP contribution in [-0.4, -0.2) is 47.7 Å². The Kier molecular flexibility index (Phi) is 6.91. The molecule has 3 amide bonds. The lowest BCUT2D eigenvalue weighted by Gasteiger charge is -2.27. The van der Waals surface area contributed by atoms with Gasteiger partial charge in [0.15, 0.2) is 0 Å². The van der Waals surface area contributed by atoms with Crippen molar-refractivity contribution in [3.8, 4) is 11.8 Å².